The number of carbonyl (C=O) groups excluding carboxylic acids is 1. The molecule has 0 saturated carbocycles. The van der Waals surface area contributed by atoms with E-state index in [1.807, 2.05) is 20.8 Å². The third kappa shape index (κ3) is 9.22. The van der Waals surface area contributed by atoms with Crippen molar-refractivity contribution in [1.82, 2.24) is 10.2 Å². The minimum atomic E-state index is -0.469. The van der Waals surface area contributed by atoms with Crippen LogP contribution < -0.4 is 11.1 Å². The fraction of sp³-hybridized carbons (Fsp3) is 0.875. The highest BCUT2D eigenvalue weighted by molar-refractivity contribution is 14.0. The van der Waals surface area contributed by atoms with Gasteiger partial charge in [-0.2, -0.15) is 0 Å². The van der Waals surface area contributed by atoms with Crippen molar-refractivity contribution in [1.29, 1.82) is 0 Å². The predicted molar refractivity (Wildman–Crippen MR) is 105 cm³/mol. The van der Waals surface area contributed by atoms with Gasteiger partial charge < -0.3 is 20.7 Å². The van der Waals surface area contributed by atoms with Crippen LogP contribution in [-0.4, -0.2) is 48.2 Å². The number of hydrogen-bond acceptors (Lipinski definition) is 3. The van der Waals surface area contributed by atoms with E-state index in [2.05, 4.69) is 17.2 Å². The third-order valence-corrected chi connectivity index (χ3v) is 3.56. The molecule has 0 spiro atoms. The van der Waals surface area contributed by atoms with E-state index in [1.165, 1.54) is 0 Å². The Morgan fingerprint density at radius 1 is 1.39 bits per heavy atom. The van der Waals surface area contributed by atoms with E-state index in [0.717, 1.165) is 45.2 Å². The number of guanidine groups is 1. The van der Waals surface area contributed by atoms with Crippen LogP contribution in [0, 0.1) is 0 Å². The molecular weight excluding hydrogens is 407 g/mol. The van der Waals surface area contributed by atoms with E-state index in [1.54, 1.807) is 4.90 Å². The van der Waals surface area contributed by atoms with Gasteiger partial charge in [-0.1, -0.05) is 13.3 Å². The average molecular weight is 440 g/mol. The Morgan fingerprint density at radius 3 is 2.70 bits per heavy atom. The molecular formula is C16H33IN4O2. The van der Waals surface area contributed by atoms with Crippen molar-refractivity contribution in [2.45, 2.75) is 71.4 Å². The zero-order valence-corrected chi connectivity index (χ0v) is 17.3. The van der Waals surface area contributed by atoms with Crippen LogP contribution in [-0.2, 0) is 4.74 Å². The average Bonchev–Trinajstić information content (AvgIpc) is 2.44. The molecule has 3 N–H and O–H groups in total. The first-order valence-electron chi connectivity index (χ1n) is 8.37. The highest BCUT2D eigenvalue weighted by atomic mass is 127. The normalized spacial score (nSPS) is 19.0. The molecule has 7 heteroatoms. The first kappa shape index (κ1) is 22.3. The molecule has 0 aromatic heterocycles. The maximum absolute atomic E-state index is 12.3. The fourth-order valence-electron chi connectivity index (χ4n) is 2.40. The Hall–Kier alpha value is -0.730. The molecule has 1 atom stereocenters. The summed E-state index contributed by atoms with van der Waals surface area (Å²) >= 11 is 0. The van der Waals surface area contributed by atoms with Gasteiger partial charge >= 0.3 is 6.09 Å². The first-order valence-corrected chi connectivity index (χ1v) is 8.37. The van der Waals surface area contributed by atoms with Crippen LogP contribution in [0.1, 0.15) is 59.8 Å². The lowest BCUT2D eigenvalue weighted by atomic mass is 10.0. The maximum atomic E-state index is 12.3. The van der Waals surface area contributed by atoms with Gasteiger partial charge in [0.05, 0.1) is 12.6 Å². The number of ether oxygens (including phenoxy) is 1. The monoisotopic (exact) mass is 440 g/mol. The predicted octanol–water partition coefficient (Wildman–Crippen LogP) is 3.10. The number of carbonyl (C=O) groups is 1. The van der Waals surface area contributed by atoms with Crippen molar-refractivity contribution in [3.63, 3.8) is 0 Å². The molecule has 1 saturated heterocycles. The van der Waals surface area contributed by atoms with Crippen LogP contribution in [0.3, 0.4) is 0 Å². The van der Waals surface area contributed by atoms with E-state index in [0.29, 0.717) is 12.5 Å². The summed E-state index contributed by atoms with van der Waals surface area (Å²) in [5, 5.41) is 3.10. The summed E-state index contributed by atoms with van der Waals surface area (Å²) in [6, 6.07) is 0.0788. The fourth-order valence-corrected chi connectivity index (χ4v) is 2.40. The van der Waals surface area contributed by atoms with Crippen molar-refractivity contribution >= 4 is 36.0 Å². The molecule has 1 rings (SSSR count). The van der Waals surface area contributed by atoms with Crippen molar-refractivity contribution in [2.75, 3.05) is 19.6 Å². The smallest absolute Gasteiger partial charge is 0.410 e. The Morgan fingerprint density at radius 2 is 2.09 bits per heavy atom. The highest BCUT2D eigenvalue weighted by Gasteiger charge is 2.30. The second-order valence-electron chi connectivity index (χ2n) is 6.83. The Balaban J connectivity index is 0.00000484. The summed E-state index contributed by atoms with van der Waals surface area (Å²) in [4.78, 5) is 18.5. The van der Waals surface area contributed by atoms with Crippen molar-refractivity contribution in [3.05, 3.63) is 0 Å². The summed E-state index contributed by atoms with van der Waals surface area (Å²) in [7, 11) is 0. The molecule has 1 amide bonds. The van der Waals surface area contributed by atoms with E-state index >= 15 is 0 Å². The lowest BCUT2D eigenvalue weighted by Crippen LogP contribution is -2.48. The number of rotatable bonds is 5. The van der Waals surface area contributed by atoms with Gasteiger partial charge in [-0.25, -0.2) is 4.79 Å². The summed E-state index contributed by atoms with van der Waals surface area (Å²) in [6.45, 7) is 9.90. The molecule has 0 radical (unpaired) electrons. The lowest BCUT2D eigenvalue weighted by Gasteiger charge is -2.36. The topological polar surface area (TPSA) is 80.0 Å². The van der Waals surface area contributed by atoms with Gasteiger partial charge in [0, 0.05) is 13.1 Å². The molecule has 0 aromatic rings. The molecule has 0 aromatic carbocycles. The number of piperidine rings is 1. The summed E-state index contributed by atoms with van der Waals surface area (Å²) in [5.41, 5.74) is 5.39. The maximum Gasteiger partial charge on any atom is 0.410 e. The molecule has 1 aliphatic heterocycles. The summed E-state index contributed by atoms with van der Waals surface area (Å²) in [6.07, 6.45) is 5.03. The first-order chi connectivity index (χ1) is 10.3. The van der Waals surface area contributed by atoms with Crippen molar-refractivity contribution < 1.29 is 9.53 Å². The zero-order chi connectivity index (χ0) is 16.6. The van der Waals surface area contributed by atoms with Gasteiger partial charge in [-0.15, -0.1) is 24.0 Å². The van der Waals surface area contributed by atoms with Crippen molar-refractivity contribution in [3.8, 4) is 0 Å². The van der Waals surface area contributed by atoms with E-state index in [4.69, 9.17) is 10.5 Å². The van der Waals surface area contributed by atoms with Crippen LogP contribution in [0.5, 0.6) is 0 Å². The van der Waals surface area contributed by atoms with Crippen LogP contribution in [0.25, 0.3) is 0 Å². The number of amides is 1. The third-order valence-electron chi connectivity index (χ3n) is 3.56. The number of nitrogens with two attached hydrogens (primary N) is 1. The number of aliphatic imine (C=N–C) groups is 1. The molecule has 0 bridgehead atoms. The Kier molecular flexibility index (Phi) is 10.6. The van der Waals surface area contributed by atoms with Gasteiger partial charge in [0.25, 0.3) is 0 Å². The largest absolute Gasteiger partial charge is 0.444 e. The minimum absolute atomic E-state index is 0. The highest BCUT2D eigenvalue weighted by Crippen LogP contribution is 2.20. The van der Waals surface area contributed by atoms with Gasteiger partial charge in [0.2, 0.25) is 0 Å². The molecule has 1 heterocycles. The van der Waals surface area contributed by atoms with Gasteiger partial charge in [-0.3, -0.25) is 4.99 Å². The molecule has 6 nitrogen and oxygen atoms in total. The minimum Gasteiger partial charge on any atom is -0.444 e. The molecule has 23 heavy (non-hydrogen) atoms. The lowest BCUT2D eigenvalue weighted by molar-refractivity contribution is 0.0110. The number of unbranched alkanes of at least 4 members (excludes halogenated alkanes) is 1. The molecule has 1 unspecified atom stereocenters. The van der Waals surface area contributed by atoms with E-state index in [-0.39, 0.29) is 36.1 Å². The number of halogens is 1. The summed E-state index contributed by atoms with van der Waals surface area (Å²) in [5.74, 6) is 0.461. The molecule has 1 fully saturated rings. The van der Waals surface area contributed by atoms with Gasteiger partial charge in [0.1, 0.15) is 5.60 Å². The van der Waals surface area contributed by atoms with Crippen LogP contribution in [0.4, 0.5) is 4.79 Å². The molecule has 136 valence electrons. The van der Waals surface area contributed by atoms with E-state index < -0.39 is 5.60 Å². The number of likely N-dealkylation sites (tertiary alicyclic amines) is 1. The number of nitrogens with zero attached hydrogens (tertiary/aromatic N) is 2. The SMILES string of the molecule is CCCCNC(N)=NCC1CCCCN1C(=O)OC(C)(C)C.I. The Labute approximate surface area is 157 Å². The van der Waals surface area contributed by atoms with Gasteiger partial charge in [0.15, 0.2) is 5.96 Å². The van der Waals surface area contributed by atoms with Crippen molar-refractivity contribution in [2.24, 2.45) is 10.7 Å². The second kappa shape index (κ2) is 10.9. The zero-order valence-electron chi connectivity index (χ0n) is 14.9. The molecule has 1 aliphatic rings. The number of hydrogen-bond donors (Lipinski definition) is 2. The van der Waals surface area contributed by atoms with Gasteiger partial charge in [-0.05, 0) is 46.5 Å². The van der Waals surface area contributed by atoms with Crippen LogP contribution in [0.15, 0.2) is 4.99 Å². The Bertz CT molecular complexity index is 383. The van der Waals surface area contributed by atoms with Crippen LogP contribution >= 0.6 is 24.0 Å². The second-order valence-corrected chi connectivity index (χ2v) is 6.83. The molecule has 0 aliphatic carbocycles. The summed E-state index contributed by atoms with van der Waals surface area (Å²) < 4.78 is 5.49. The quantitative estimate of drug-likeness (QED) is 0.298. The number of nitrogens with one attached hydrogen (secondary N) is 1. The van der Waals surface area contributed by atoms with Crippen LogP contribution in [0.2, 0.25) is 0 Å². The van der Waals surface area contributed by atoms with E-state index in [9.17, 15) is 4.79 Å². The standard InChI is InChI=1S/C16H32N4O2.HI/c1-5-6-10-18-14(17)19-12-13-9-7-8-11-20(13)15(21)22-16(2,3)4;/h13H,5-12H2,1-4H3,(H3,17,18,19);1H.